The fourth-order valence-corrected chi connectivity index (χ4v) is 6.93. The Labute approximate surface area is 213 Å². The summed E-state index contributed by atoms with van der Waals surface area (Å²) in [6.07, 6.45) is -3.15. The molecule has 4 unspecified atom stereocenters. The minimum absolute atomic E-state index is 0.00472. The van der Waals surface area contributed by atoms with Gasteiger partial charge in [0.05, 0.1) is 5.56 Å². The van der Waals surface area contributed by atoms with E-state index in [1.165, 1.54) is 24.3 Å². The van der Waals surface area contributed by atoms with Gasteiger partial charge < -0.3 is 5.73 Å². The molecule has 0 amide bonds. The zero-order valence-electron chi connectivity index (χ0n) is 19.3. The van der Waals surface area contributed by atoms with E-state index >= 15 is 0 Å². The molecule has 0 bridgehead atoms. The molecular weight excluding hydrogens is 509 g/mol. The molecule has 36 heavy (non-hydrogen) atoms. The van der Waals surface area contributed by atoms with Crippen LogP contribution in [-0.4, -0.2) is 13.8 Å². The van der Waals surface area contributed by atoms with E-state index in [-0.39, 0.29) is 12.0 Å². The van der Waals surface area contributed by atoms with Crippen LogP contribution in [0, 0.1) is 0 Å². The summed E-state index contributed by atoms with van der Waals surface area (Å²) >= 11 is 6.03. The van der Waals surface area contributed by atoms with Gasteiger partial charge >= 0.3 is 6.18 Å². The fraction of sp³-hybridized carbons (Fsp3) is 0.259. The molecule has 190 valence electrons. The van der Waals surface area contributed by atoms with Crippen molar-refractivity contribution in [3.8, 4) is 0 Å². The van der Waals surface area contributed by atoms with E-state index in [2.05, 4.69) is 11.9 Å². The predicted molar refractivity (Wildman–Crippen MR) is 136 cm³/mol. The van der Waals surface area contributed by atoms with E-state index < -0.39 is 44.2 Å². The van der Waals surface area contributed by atoms with Gasteiger partial charge in [0.15, 0.2) is 9.84 Å². The van der Waals surface area contributed by atoms with Crippen molar-refractivity contribution in [3.05, 3.63) is 118 Å². The van der Waals surface area contributed by atoms with Crippen LogP contribution in [0.1, 0.15) is 51.4 Å². The number of alkyl halides is 3. The first kappa shape index (κ1) is 26.4. The van der Waals surface area contributed by atoms with Gasteiger partial charge in [0, 0.05) is 23.5 Å². The Morgan fingerprint density at radius 3 is 2.28 bits per heavy atom. The van der Waals surface area contributed by atoms with Gasteiger partial charge in [0.2, 0.25) is 0 Å². The third-order valence-corrected chi connectivity index (χ3v) is 9.19. The lowest BCUT2D eigenvalue weighted by atomic mass is 9.86. The minimum atomic E-state index is -4.59. The molecule has 4 nitrogen and oxygen atoms in total. The molecule has 3 N–H and O–H groups in total. The Hall–Kier alpha value is -2.65. The highest BCUT2D eigenvalue weighted by atomic mass is 35.5. The number of hydrogen-bond donors (Lipinski definition) is 2. The van der Waals surface area contributed by atoms with E-state index in [9.17, 15) is 21.6 Å². The van der Waals surface area contributed by atoms with Crippen LogP contribution < -0.4 is 11.1 Å². The van der Waals surface area contributed by atoms with Crippen LogP contribution in [0.2, 0.25) is 5.02 Å². The first-order valence-corrected chi connectivity index (χ1v) is 13.4. The first-order valence-electron chi connectivity index (χ1n) is 11.4. The van der Waals surface area contributed by atoms with Crippen LogP contribution in [0.15, 0.2) is 85.5 Å². The highest BCUT2D eigenvalue weighted by molar-refractivity contribution is 7.92. The summed E-state index contributed by atoms with van der Waals surface area (Å²) in [6.45, 7) is 4.05. The predicted octanol–water partition coefficient (Wildman–Crippen LogP) is 6.30. The average Bonchev–Trinajstić information content (AvgIpc) is 3.31. The second kappa shape index (κ2) is 10.4. The quantitative estimate of drug-likeness (QED) is 0.349. The number of sulfone groups is 1. The van der Waals surface area contributed by atoms with Gasteiger partial charge in [-0.2, -0.15) is 13.2 Å². The van der Waals surface area contributed by atoms with Crippen molar-refractivity contribution < 1.29 is 21.6 Å². The van der Waals surface area contributed by atoms with E-state index in [0.717, 1.165) is 11.6 Å². The topological polar surface area (TPSA) is 72.2 Å². The maximum atomic E-state index is 13.9. The van der Waals surface area contributed by atoms with Crippen LogP contribution in [0.5, 0.6) is 0 Å². The molecule has 3 aromatic rings. The highest BCUT2D eigenvalue weighted by Crippen LogP contribution is 2.47. The van der Waals surface area contributed by atoms with Crippen molar-refractivity contribution in [1.29, 1.82) is 0 Å². The maximum Gasteiger partial charge on any atom is 0.416 e. The van der Waals surface area contributed by atoms with E-state index in [0.29, 0.717) is 22.7 Å². The lowest BCUT2D eigenvalue weighted by Gasteiger charge is -2.24. The average molecular weight is 535 g/mol. The minimum Gasteiger partial charge on any atom is -0.326 e. The Morgan fingerprint density at radius 2 is 1.69 bits per heavy atom. The third kappa shape index (κ3) is 5.22. The number of rotatable bonds is 7. The lowest BCUT2D eigenvalue weighted by molar-refractivity contribution is -0.138. The zero-order valence-corrected chi connectivity index (χ0v) is 20.8. The van der Waals surface area contributed by atoms with Gasteiger partial charge in [0.1, 0.15) is 10.6 Å². The Morgan fingerprint density at radius 1 is 1.06 bits per heavy atom. The SMILES string of the molecule is C=CC(c1ccc(CN)cc1)S(=O)(=O)C1CC(c2ccc(Cl)cc2)C(c2ccccc2C(F)(F)F)N1. The molecule has 1 saturated heterocycles. The summed E-state index contributed by atoms with van der Waals surface area (Å²) in [5.74, 6) is -0.532. The summed E-state index contributed by atoms with van der Waals surface area (Å²) in [5, 5.41) is 1.39. The molecule has 0 saturated carbocycles. The first-order chi connectivity index (χ1) is 17.1. The third-order valence-electron chi connectivity index (χ3n) is 6.64. The molecule has 0 radical (unpaired) electrons. The van der Waals surface area contributed by atoms with Crippen LogP contribution >= 0.6 is 11.6 Å². The largest absolute Gasteiger partial charge is 0.416 e. The van der Waals surface area contributed by atoms with Gasteiger partial charge in [-0.15, -0.1) is 6.58 Å². The standard InChI is InChI=1S/C27H26ClF3N2O2S/c1-2-24(19-9-7-17(16-32)8-10-19)36(34,35)25-15-22(18-11-13-20(28)14-12-18)26(33-25)21-5-3-4-6-23(21)27(29,30)31/h2-14,22,24-26,33H,1,15-16,32H2. The molecule has 0 aromatic heterocycles. The second-order valence-electron chi connectivity index (χ2n) is 8.80. The molecule has 0 aliphatic carbocycles. The van der Waals surface area contributed by atoms with Crippen LogP contribution in [0.3, 0.4) is 0 Å². The Balaban J connectivity index is 1.76. The van der Waals surface area contributed by atoms with Crippen molar-refractivity contribution in [3.63, 3.8) is 0 Å². The molecule has 0 spiro atoms. The number of benzene rings is 3. The van der Waals surface area contributed by atoms with Crippen molar-refractivity contribution in [1.82, 2.24) is 5.32 Å². The molecule has 9 heteroatoms. The second-order valence-corrected chi connectivity index (χ2v) is 11.5. The number of halogens is 4. The van der Waals surface area contributed by atoms with Crippen molar-refractivity contribution in [2.75, 3.05) is 0 Å². The van der Waals surface area contributed by atoms with E-state index in [1.807, 2.05) is 0 Å². The Kier molecular flexibility index (Phi) is 7.61. The van der Waals surface area contributed by atoms with Crippen LogP contribution in [0.25, 0.3) is 0 Å². The van der Waals surface area contributed by atoms with Gasteiger partial charge in [0.25, 0.3) is 0 Å². The lowest BCUT2D eigenvalue weighted by Crippen LogP contribution is -2.35. The van der Waals surface area contributed by atoms with Crippen molar-refractivity contribution >= 4 is 21.4 Å². The molecule has 4 atom stereocenters. The summed E-state index contributed by atoms with van der Waals surface area (Å²) in [4.78, 5) is 0. The monoisotopic (exact) mass is 534 g/mol. The van der Waals surface area contributed by atoms with Gasteiger partial charge in [-0.05, 0) is 46.9 Å². The van der Waals surface area contributed by atoms with Crippen molar-refractivity contribution in [2.45, 2.75) is 41.7 Å². The number of nitrogens with one attached hydrogen (secondary N) is 1. The maximum absolute atomic E-state index is 13.9. The smallest absolute Gasteiger partial charge is 0.326 e. The molecular formula is C27H26ClF3N2O2S. The van der Waals surface area contributed by atoms with Gasteiger partial charge in [-0.1, -0.05) is 72.3 Å². The van der Waals surface area contributed by atoms with E-state index in [1.54, 1.807) is 48.5 Å². The summed E-state index contributed by atoms with van der Waals surface area (Å²) in [5.41, 5.74) is 6.93. The molecule has 1 aliphatic rings. The van der Waals surface area contributed by atoms with Gasteiger partial charge in [-0.25, -0.2) is 8.42 Å². The molecule has 1 aliphatic heterocycles. The van der Waals surface area contributed by atoms with Gasteiger partial charge in [-0.3, -0.25) is 5.32 Å². The number of nitrogens with two attached hydrogens (primary N) is 1. The molecule has 1 fully saturated rings. The van der Waals surface area contributed by atoms with Crippen LogP contribution in [0.4, 0.5) is 13.2 Å². The molecule has 4 rings (SSSR count). The zero-order chi connectivity index (χ0) is 26.1. The van der Waals surface area contributed by atoms with Crippen LogP contribution in [-0.2, 0) is 22.6 Å². The molecule has 3 aromatic carbocycles. The Bertz CT molecular complexity index is 1330. The van der Waals surface area contributed by atoms with E-state index in [4.69, 9.17) is 17.3 Å². The normalized spacial score (nSPS) is 21.3. The number of hydrogen-bond acceptors (Lipinski definition) is 4. The van der Waals surface area contributed by atoms with Crippen molar-refractivity contribution in [2.24, 2.45) is 5.73 Å². The summed E-state index contributed by atoms with van der Waals surface area (Å²) in [6, 6.07) is 18.0. The highest BCUT2D eigenvalue weighted by Gasteiger charge is 2.46. The molecule has 1 heterocycles. The summed E-state index contributed by atoms with van der Waals surface area (Å²) < 4.78 is 69.3. The summed E-state index contributed by atoms with van der Waals surface area (Å²) in [7, 11) is -3.93. The fourth-order valence-electron chi connectivity index (χ4n) is 4.83.